The molecule has 0 aliphatic carbocycles. The number of carbonyl (C=O) groups is 2. The minimum Gasteiger partial charge on any atom is -0.494 e. The number of ether oxygens (including phenoxy) is 1. The van der Waals surface area contributed by atoms with Crippen LogP contribution in [0.4, 0.5) is 0 Å². The second kappa shape index (κ2) is 9.37. The molecular formula is C21H27N2O4+. The van der Waals surface area contributed by atoms with Crippen LogP contribution < -0.4 is 15.0 Å². The van der Waals surface area contributed by atoms with Crippen molar-refractivity contribution in [3.63, 3.8) is 0 Å². The summed E-state index contributed by atoms with van der Waals surface area (Å²) < 4.78 is 10.6. The molecule has 2 N–H and O–H groups in total. The summed E-state index contributed by atoms with van der Waals surface area (Å²) in [5.41, 5.74) is 0.739. The fraction of sp³-hybridized carbons (Fsp3) is 0.429. The highest BCUT2D eigenvalue weighted by molar-refractivity contribution is 5.98. The van der Waals surface area contributed by atoms with Crippen molar-refractivity contribution in [1.29, 1.82) is 0 Å². The molecule has 1 aliphatic heterocycles. The molecule has 144 valence electrons. The van der Waals surface area contributed by atoms with E-state index in [-0.39, 0.29) is 17.6 Å². The zero-order chi connectivity index (χ0) is 19.1. The fourth-order valence-electron chi connectivity index (χ4n) is 3.47. The van der Waals surface area contributed by atoms with Gasteiger partial charge in [0.25, 0.3) is 5.91 Å². The van der Waals surface area contributed by atoms with Crippen LogP contribution in [0.3, 0.4) is 0 Å². The normalized spacial score (nSPS) is 19.4. The highest BCUT2D eigenvalue weighted by Crippen LogP contribution is 2.19. The Balaban J connectivity index is 1.42. The Morgan fingerprint density at radius 3 is 2.56 bits per heavy atom. The second-order valence-corrected chi connectivity index (χ2v) is 6.88. The molecule has 0 spiro atoms. The van der Waals surface area contributed by atoms with E-state index in [9.17, 15) is 9.59 Å². The quantitative estimate of drug-likeness (QED) is 0.690. The van der Waals surface area contributed by atoms with E-state index < -0.39 is 0 Å². The number of nitrogens with one attached hydrogen (secondary N) is 2. The van der Waals surface area contributed by atoms with Gasteiger partial charge >= 0.3 is 0 Å². The monoisotopic (exact) mass is 371 g/mol. The van der Waals surface area contributed by atoms with E-state index >= 15 is 0 Å². The smallest absolute Gasteiger partial charge is 0.275 e. The summed E-state index contributed by atoms with van der Waals surface area (Å²) in [6, 6.07) is 11.0. The maximum Gasteiger partial charge on any atom is 0.275 e. The van der Waals surface area contributed by atoms with Gasteiger partial charge in [-0.05, 0) is 43.3 Å². The third-order valence-electron chi connectivity index (χ3n) is 4.96. The molecule has 3 rings (SSSR count). The van der Waals surface area contributed by atoms with Gasteiger partial charge in [-0.1, -0.05) is 0 Å². The van der Waals surface area contributed by atoms with Crippen LogP contribution in [0.2, 0.25) is 0 Å². The van der Waals surface area contributed by atoms with E-state index in [1.807, 2.05) is 37.3 Å². The lowest BCUT2D eigenvalue weighted by Gasteiger charge is -2.28. The number of amides is 1. The van der Waals surface area contributed by atoms with Crippen molar-refractivity contribution in [1.82, 2.24) is 5.32 Å². The highest BCUT2D eigenvalue weighted by atomic mass is 16.5. The molecule has 0 unspecified atom stereocenters. The van der Waals surface area contributed by atoms with Gasteiger partial charge in [0.05, 0.1) is 32.5 Å². The van der Waals surface area contributed by atoms with Gasteiger partial charge in [-0.2, -0.15) is 0 Å². The van der Waals surface area contributed by atoms with E-state index in [0.717, 1.165) is 43.0 Å². The largest absolute Gasteiger partial charge is 0.494 e. The van der Waals surface area contributed by atoms with Gasteiger partial charge in [-0.25, -0.2) is 0 Å². The predicted octanol–water partition coefficient (Wildman–Crippen LogP) is 1.47. The summed E-state index contributed by atoms with van der Waals surface area (Å²) in [6.45, 7) is 5.07. The average Bonchev–Trinajstić information content (AvgIpc) is 3.21. The van der Waals surface area contributed by atoms with Crippen molar-refractivity contribution < 1.29 is 23.6 Å². The van der Waals surface area contributed by atoms with Gasteiger partial charge in [0.2, 0.25) is 0 Å². The molecule has 1 fully saturated rings. The van der Waals surface area contributed by atoms with Crippen molar-refractivity contribution in [2.75, 3.05) is 26.2 Å². The maximum atomic E-state index is 12.7. The zero-order valence-corrected chi connectivity index (χ0v) is 15.7. The standard InChI is InChI=1S/C21H26N2O4/c1-2-26-18-7-5-16(6-8-18)21(25)17-9-11-23(12-10-17)15-20(24)22-14-19-4-3-13-27-19/h3-8,13,17H,2,9-12,14-15H2,1H3,(H,22,24)/p+1. The lowest BCUT2D eigenvalue weighted by atomic mass is 9.89. The highest BCUT2D eigenvalue weighted by Gasteiger charge is 2.29. The molecule has 27 heavy (non-hydrogen) atoms. The van der Waals surface area contributed by atoms with Gasteiger partial charge in [-0.3, -0.25) is 9.59 Å². The number of piperidine rings is 1. The molecule has 6 heteroatoms. The van der Waals surface area contributed by atoms with E-state index in [2.05, 4.69) is 5.32 Å². The number of carbonyl (C=O) groups excluding carboxylic acids is 2. The topological polar surface area (TPSA) is 73.0 Å². The first-order valence-electron chi connectivity index (χ1n) is 9.55. The van der Waals surface area contributed by atoms with Crippen molar-refractivity contribution in [2.45, 2.75) is 26.3 Å². The summed E-state index contributed by atoms with van der Waals surface area (Å²) in [5.74, 6) is 1.78. The summed E-state index contributed by atoms with van der Waals surface area (Å²) in [4.78, 5) is 26.0. The van der Waals surface area contributed by atoms with Crippen LogP contribution in [0.5, 0.6) is 5.75 Å². The number of rotatable bonds is 8. The Kier molecular flexibility index (Phi) is 6.65. The van der Waals surface area contributed by atoms with Gasteiger partial charge in [0.15, 0.2) is 12.3 Å². The van der Waals surface area contributed by atoms with Gasteiger partial charge in [-0.15, -0.1) is 0 Å². The lowest BCUT2D eigenvalue weighted by molar-refractivity contribution is -0.897. The Bertz CT molecular complexity index is 732. The Morgan fingerprint density at radius 1 is 1.19 bits per heavy atom. The number of likely N-dealkylation sites (tertiary alicyclic amines) is 1. The number of hydrogen-bond donors (Lipinski definition) is 2. The minimum absolute atomic E-state index is 0.0117. The number of Topliss-reactive ketones (excluding diaryl/α,β-unsaturated/α-hetero) is 1. The minimum atomic E-state index is 0.0117. The summed E-state index contributed by atoms with van der Waals surface area (Å²) in [5, 5.41) is 2.88. The zero-order valence-electron chi connectivity index (χ0n) is 15.7. The van der Waals surface area contributed by atoms with E-state index in [0.29, 0.717) is 19.7 Å². The number of ketones is 1. The Labute approximate surface area is 159 Å². The molecule has 6 nitrogen and oxygen atoms in total. The third kappa shape index (κ3) is 5.44. The summed E-state index contributed by atoms with van der Waals surface area (Å²) in [7, 11) is 0. The second-order valence-electron chi connectivity index (χ2n) is 6.88. The van der Waals surface area contributed by atoms with Crippen LogP contribution in [-0.2, 0) is 11.3 Å². The molecule has 1 aliphatic rings. The molecule has 0 radical (unpaired) electrons. The van der Waals surface area contributed by atoms with Crippen molar-refractivity contribution in [2.24, 2.45) is 5.92 Å². The number of benzene rings is 1. The van der Waals surface area contributed by atoms with E-state index in [4.69, 9.17) is 9.15 Å². The Hall–Kier alpha value is -2.60. The van der Waals surface area contributed by atoms with Gasteiger partial charge in [0.1, 0.15) is 11.5 Å². The molecule has 0 atom stereocenters. The molecule has 2 aromatic rings. The summed E-state index contributed by atoms with van der Waals surface area (Å²) in [6.07, 6.45) is 3.22. The number of quaternary nitrogens is 1. The molecule has 1 aromatic heterocycles. The average molecular weight is 371 g/mol. The van der Waals surface area contributed by atoms with Crippen LogP contribution in [-0.4, -0.2) is 37.9 Å². The van der Waals surface area contributed by atoms with Crippen LogP contribution in [0, 0.1) is 5.92 Å². The van der Waals surface area contributed by atoms with Crippen LogP contribution in [0.1, 0.15) is 35.9 Å². The van der Waals surface area contributed by atoms with Crippen LogP contribution in [0.25, 0.3) is 0 Å². The molecule has 0 bridgehead atoms. The third-order valence-corrected chi connectivity index (χ3v) is 4.96. The molecular weight excluding hydrogens is 344 g/mol. The van der Waals surface area contributed by atoms with Crippen molar-refractivity contribution >= 4 is 11.7 Å². The van der Waals surface area contributed by atoms with Gasteiger partial charge < -0.3 is 19.4 Å². The molecule has 1 saturated heterocycles. The van der Waals surface area contributed by atoms with Crippen molar-refractivity contribution in [3.8, 4) is 5.75 Å². The molecule has 2 heterocycles. The summed E-state index contributed by atoms with van der Waals surface area (Å²) >= 11 is 0. The van der Waals surface area contributed by atoms with E-state index in [1.54, 1.807) is 12.3 Å². The number of furan rings is 1. The lowest BCUT2D eigenvalue weighted by Crippen LogP contribution is -3.14. The fourth-order valence-corrected chi connectivity index (χ4v) is 3.47. The van der Waals surface area contributed by atoms with Crippen molar-refractivity contribution in [3.05, 3.63) is 54.0 Å². The van der Waals surface area contributed by atoms with Gasteiger partial charge in [0, 0.05) is 24.3 Å². The first-order valence-corrected chi connectivity index (χ1v) is 9.55. The van der Waals surface area contributed by atoms with Crippen LogP contribution in [0.15, 0.2) is 47.1 Å². The molecule has 0 saturated carbocycles. The van der Waals surface area contributed by atoms with E-state index in [1.165, 1.54) is 4.90 Å². The maximum absolute atomic E-state index is 12.7. The molecule has 1 amide bonds. The SMILES string of the molecule is CCOc1ccc(C(=O)C2CC[NH+](CC(=O)NCc3ccco3)CC2)cc1. The first-order chi connectivity index (χ1) is 13.2. The van der Waals surface area contributed by atoms with Crippen LogP contribution >= 0.6 is 0 Å². The predicted molar refractivity (Wildman–Crippen MR) is 101 cm³/mol. The number of hydrogen-bond acceptors (Lipinski definition) is 4. The first kappa shape index (κ1) is 19.2. The Morgan fingerprint density at radius 2 is 1.93 bits per heavy atom. The molecule has 1 aromatic carbocycles.